The smallest absolute Gasteiger partial charge is 0.426 e. The van der Waals surface area contributed by atoms with Gasteiger partial charge in [0.1, 0.15) is 36.2 Å². The zero-order valence-electron chi connectivity index (χ0n) is 18.1. The van der Waals surface area contributed by atoms with Crippen molar-refractivity contribution in [1.82, 2.24) is 14.5 Å². The molecule has 2 atom stereocenters. The van der Waals surface area contributed by atoms with E-state index in [4.69, 9.17) is 29.7 Å². The van der Waals surface area contributed by atoms with Gasteiger partial charge in [-0.25, -0.2) is 9.78 Å². The summed E-state index contributed by atoms with van der Waals surface area (Å²) < 4.78 is 21.6. The van der Waals surface area contributed by atoms with Gasteiger partial charge in [-0.2, -0.15) is 10.2 Å². The van der Waals surface area contributed by atoms with Gasteiger partial charge in [0.05, 0.1) is 18.4 Å². The second-order valence-electron chi connectivity index (χ2n) is 7.74. The van der Waals surface area contributed by atoms with E-state index < -0.39 is 12.3 Å². The first-order chi connectivity index (χ1) is 15.5. The van der Waals surface area contributed by atoms with E-state index in [1.54, 1.807) is 6.07 Å². The molecule has 32 heavy (non-hydrogen) atoms. The molecule has 0 saturated carbocycles. The summed E-state index contributed by atoms with van der Waals surface area (Å²) in [7, 11) is 3.03. The number of rotatable bonds is 7. The van der Waals surface area contributed by atoms with Crippen molar-refractivity contribution in [3.05, 3.63) is 41.2 Å². The van der Waals surface area contributed by atoms with Gasteiger partial charge in [-0.3, -0.25) is 0 Å². The lowest BCUT2D eigenvalue weighted by Gasteiger charge is -2.35. The molecule has 2 aliphatic rings. The van der Waals surface area contributed by atoms with E-state index in [0.29, 0.717) is 49.3 Å². The van der Waals surface area contributed by atoms with E-state index >= 15 is 0 Å². The van der Waals surface area contributed by atoms with Gasteiger partial charge in [0.2, 0.25) is 17.9 Å². The van der Waals surface area contributed by atoms with Gasteiger partial charge in [-0.15, -0.1) is 4.48 Å². The standard InChI is InChI=1S/C22H25N5O5/c1-29-21(30-2)17-6-5-14-4-3-8-27(22(24)28,20(14)26-17)19-10-18(15(11-23)12-25-19)32-13-16-7-9-31-16/h5-6,10,12,16,21H,3-4,7-9,13H2,1-2H3,(H-,24,28)/p+1. The third-order valence-electron chi connectivity index (χ3n) is 5.91. The van der Waals surface area contributed by atoms with Crippen LogP contribution in [-0.4, -0.2) is 56.1 Å². The fourth-order valence-electron chi connectivity index (χ4n) is 4.09. The van der Waals surface area contributed by atoms with E-state index in [2.05, 4.69) is 11.1 Å². The molecule has 2 aromatic rings. The highest BCUT2D eigenvalue weighted by molar-refractivity contribution is 5.92. The number of nitrogens with zero attached hydrogens (tertiary/aromatic N) is 4. The highest BCUT2D eigenvalue weighted by atomic mass is 16.7. The van der Waals surface area contributed by atoms with Crippen molar-refractivity contribution >= 4 is 17.7 Å². The number of ether oxygens (including phenoxy) is 4. The summed E-state index contributed by atoms with van der Waals surface area (Å²) in [5, 5.41) is 9.50. The molecular weight excluding hydrogens is 414 g/mol. The highest BCUT2D eigenvalue weighted by Gasteiger charge is 2.47. The first-order valence-corrected chi connectivity index (χ1v) is 10.4. The molecule has 2 aromatic heterocycles. The molecule has 2 aliphatic heterocycles. The zero-order chi connectivity index (χ0) is 22.7. The largest absolute Gasteiger partial charge is 0.489 e. The maximum Gasteiger partial charge on any atom is 0.426 e. The van der Waals surface area contributed by atoms with E-state index in [-0.39, 0.29) is 16.2 Å². The van der Waals surface area contributed by atoms with Crippen molar-refractivity contribution in [1.29, 1.82) is 5.26 Å². The number of amides is 2. The number of carbonyl (C=O) groups is 1. The van der Waals surface area contributed by atoms with Gasteiger partial charge in [0.15, 0.2) is 0 Å². The van der Waals surface area contributed by atoms with Crippen molar-refractivity contribution in [3.63, 3.8) is 0 Å². The molecule has 0 radical (unpaired) electrons. The van der Waals surface area contributed by atoms with Crippen molar-refractivity contribution in [2.45, 2.75) is 31.7 Å². The molecular formula is C22H26N5O5+. The number of aryl methyl sites for hydroxylation is 1. The summed E-state index contributed by atoms with van der Waals surface area (Å²) >= 11 is 0. The van der Waals surface area contributed by atoms with Gasteiger partial charge < -0.3 is 24.7 Å². The number of fused-ring (bicyclic) bond motifs is 1. The molecule has 4 rings (SSSR count). The topological polar surface area (TPSA) is 130 Å². The third kappa shape index (κ3) is 3.80. The van der Waals surface area contributed by atoms with Crippen LogP contribution in [0.3, 0.4) is 0 Å². The van der Waals surface area contributed by atoms with Gasteiger partial charge >= 0.3 is 6.03 Å². The molecule has 10 nitrogen and oxygen atoms in total. The summed E-state index contributed by atoms with van der Waals surface area (Å²) in [5.74, 6) is 1.16. The maximum absolute atomic E-state index is 13.0. The molecule has 4 heterocycles. The maximum atomic E-state index is 13.0. The lowest BCUT2D eigenvalue weighted by Crippen LogP contribution is -2.56. The normalized spacial score (nSPS) is 22.0. The van der Waals surface area contributed by atoms with Crippen LogP contribution in [0.5, 0.6) is 5.75 Å². The summed E-state index contributed by atoms with van der Waals surface area (Å²) in [6, 6.07) is 6.80. The first kappa shape index (κ1) is 22.1. The Kier molecular flexibility index (Phi) is 6.34. The molecule has 2 amide bonds. The number of nitrogens with two attached hydrogens (primary N) is 1. The predicted molar refractivity (Wildman–Crippen MR) is 114 cm³/mol. The van der Waals surface area contributed by atoms with Crippen LogP contribution in [-0.2, 0) is 20.6 Å². The quantitative estimate of drug-likeness (QED) is 0.513. The number of carbonyl (C=O) groups excluding carboxylic acids is 1. The summed E-state index contributed by atoms with van der Waals surface area (Å²) in [5.41, 5.74) is 7.66. The van der Waals surface area contributed by atoms with Crippen LogP contribution in [0.15, 0.2) is 24.4 Å². The van der Waals surface area contributed by atoms with Crippen LogP contribution >= 0.6 is 0 Å². The Balaban J connectivity index is 1.81. The van der Waals surface area contributed by atoms with Crippen molar-refractivity contribution in [2.75, 3.05) is 34.0 Å². The molecule has 2 unspecified atom stereocenters. The first-order valence-electron chi connectivity index (χ1n) is 10.4. The molecule has 0 spiro atoms. The fraction of sp³-hybridized carbons (Fsp3) is 0.455. The Morgan fingerprint density at radius 3 is 2.81 bits per heavy atom. The van der Waals surface area contributed by atoms with Crippen LogP contribution in [0.25, 0.3) is 0 Å². The van der Waals surface area contributed by atoms with Crippen LogP contribution in [0.1, 0.15) is 36.0 Å². The Morgan fingerprint density at radius 2 is 2.19 bits per heavy atom. The van der Waals surface area contributed by atoms with Crippen LogP contribution in [0.2, 0.25) is 0 Å². The fourth-order valence-corrected chi connectivity index (χ4v) is 4.09. The molecule has 1 fully saturated rings. The second-order valence-corrected chi connectivity index (χ2v) is 7.74. The second kappa shape index (κ2) is 9.18. The molecule has 1 saturated heterocycles. The average molecular weight is 440 g/mol. The van der Waals surface area contributed by atoms with Crippen molar-refractivity contribution < 1.29 is 23.7 Å². The minimum Gasteiger partial charge on any atom is -0.489 e. The average Bonchev–Trinajstić information content (AvgIpc) is 2.78. The summed E-state index contributed by atoms with van der Waals surface area (Å²) in [4.78, 5) is 22.1. The van der Waals surface area contributed by atoms with Gasteiger partial charge in [0, 0.05) is 39.2 Å². The third-order valence-corrected chi connectivity index (χ3v) is 5.91. The molecule has 2 N–H and O–H groups in total. The number of aromatic nitrogens is 2. The van der Waals surface area contributed by atoms with Crippen LogP contribution in [0.4, 0.5) is 16.4 Å². The van der Waals surface area contributed by atoms with Crippen molar-refractivity contribution in [3.8, 4) is 11.8 Å². The number of urea groups is 1. The number of nitriles is 1. The van der Waals surface area contributed by atoms with Crippen LogP contribution < -0.4 is 15.0 Å². The Bertz CT molecular complexity index is 1050. The monoisotopic (exact) mass is 440 g/mol. The molecule has 168 valence electrons. The minimum absolute atomic E-state index is 0.00241. The van der Waals surface area contributed by atoms with E-state index in [0.717, 1.165) is 18.4 Å². The highest BCUT2D eigenvalue weighted by Crippen LogP contribution is 2.41. The number of hydrogen-bond acceptors (Lipinski definition) is 8. The SMILES string of the molecule is COC(OC)c1ccc2c(n1)[N+](C(N)=O)(c1cc(OCC3CCO3)c(C#N)cn1)CCC2. The Labute approximate surface area is 186 Å². The van der Waals surface area contributed by atoms with Gasteiger partial charge in [-0.05, 0) is 18.6 Å². The minimum atomic E-state index is -0.688. The van der Waals surface area contributed by atoms with Gasteiger partial charge in [-0.1, -0.05) is 0 Å². The van der Waals surface area contributed by atoms with E-state index in [9.17, 15) is 10.1 Å². The van der Waals surface area contributed by atoms with Crippen LogP contribution in [0, 0.1) is 11.3 Å². The molecule has 0 bridgehead atoms. The molecule has 0 aliphatic carbocycles. The van der Waals surface area contributed by atoms with E-state index in [1.165, 1.54) is 20.4 Å². The molecule has 0 aromatic carbocycles. The summed E-state index contributed by atoms with van der Waals surface area (Å²) in [6.45, 7) is 1.40. The Hall–Kier alpha value is -3.10. The molecule has 10 heteroatoms. The lowest BCUT2D eigenvalue weighted by atomic mass is 10.0. The zero-order valence-corrected chi connectivity index (χ0v) is 18.1. The lowest BCUT2D eigenvalue weighted by molar-refractivity contribution is -0.108. The van der Waals surface area contributed by atoms with Crippen molar-refractivity contribution in [2.24, 2.45) is 5.73 Å². The predicted octanol–water partition coefficient (Wildman–Crippen LogP) is 2.47. The number of quaternary nitrogens is 1. The summed E-state index contributed by atoms with van der Waals surface area (Å²) in [6.07, 6.45) is 3.08. The number of primary amides is 1. The van der Waals surface area contributed by atoms with E-state index in [1.807, 2.05) is 12.1 Å². The van der Waals surface area contributed by atoms with Gasteiger partial charge in [0.25, 0.3) is 0 Å². The number of hydrogen-bond donors (Lipinski definition) is 1. The number of methoxy groups -OCH3 is 2. The Morgan fingerprint density at radius 1 is 1.41 bits per heavy atom. The number of pyridine rings is 2.